The summed E-state index contributed by atoms with van der Waals surface area (Å²) >= 11 is 1.80. The molecule has 0 amide bonds. The van der Waals surface area contributed by atoms with Gasteiger partial charge in [0.25, 0.3) is 0 Å². The number of nitrogens with one attached hydrogen (secondary N) is 2. The fraction of sp³-hybridized carbons (Fsp3) is 0.545. The number of methoxy groups -OCH3 is 1. The van der Waals surface area contributed by atoms with Gasteiger partial charge in [-0.05, 0) is 38.8 Å². The molecule has 0 saturated carbocycles. The normalized spacial score (nSPS) is 16.9. The van der Waals surface area contributed by atoms with Crippen molar-refractivity contribution in [2.45, 2.75) is 46.1 Å². The van der Waals surface area contributed by atoms with E-state index in [0.717, 1.165) is 62.8 Å². The van der Waals surface area contributed by atoms with E-state index in [4.69, 9.17) is 14.7 Å². The maximum Gasteiger partial charge on any atom is 0.191 e. The second kappa shape index (κ2) is 10.5. The number of hydrogen-bond donors (Lipinski definition) is 2. The van der Waals surface area contributed by atoms with Crippen LogP contribution in [0.25, 0.3) is 0 Å². The molecule has 0 radical (unpaired) electrons. The van der Waals surface area contributed by atoms with Gasteiger partial charge in [-0.1, -0.05) is 19.1 Å². The van der Waals surface area contributed by atoms with E-state index in [1.807, 2.05) is 12.1 Å². The Kier molecular flexibility index (Phi) is 7.75. The minimum atomic E-state index is 0.367. The summed E-state index contributed by atoms with van der Waals surface area (Å²) in [7, 11) is 1.73. The van der Waals surface area contributed by atoms with Crippen LogP contribution < -0.4 is 20.3 Å². The number of benzene rings is 1. The smallest absolute Gasteiger partial charge is 0.191 e. The van der Waals surface area contributed by atoms with Gasteiger partial charge >= 0.3 is 0 Å². The maximum atomic E-state index is 5.52. The highest BCUT2D eigenvalue weighted by Crippen LogP contribution is 2.30. The van der Waals surface area contributed by atoms with Crippen LogP contribution in [0.2, 0.25) is 0 Å². The summed E-state index contributed by atoms with van der Waals surface area (Å²) in [6.07, 6.45) is 2.97. The number of guanidine groups is 1. The van der Waals surface area contributed by atoms with Crippen LogP contribution in [0, 0.1) is 6.92 Å². The molecular weight excluding hydrogens is 382 g/mol. The average Bonchev–Trinajstić information content (AvgIpc) is 3.34. The monoisotopic (exact) mass is 415 g/mol. The van der Waals surface area contributed by atoms with Crippen LogP contribution in [-0.2, 0) is 12.8 Å². The summed E-state index contributed by atoms with van der Waals surface area (Å²) in [5, 5.41) is 8.17. The van der Waals surface area contributed by atoms with E-state index in [0.29, 0.717) is 6.04 Å². The van der Waals surface area contributed by atoms with Gasteiger partial charge in [0.15, 0.2) is 5.96 Å². The average molecular weight is 416 g/mol. The van der Waals surface area contributed by atoms with Crippen LogP contribution in [0.4, 0.5) is 5.69 Å². The molecule has 1 aliphatic heterocycles. The zero-order valence-corrected chi connectivity index (χ0v) is 18.8. The van der Waals surface area contributed by atoms with Crippen LogP contribution in [0.15, 0.2) is 29.3 Å². The molecule has 1 aromatic carbocycles. The first-order chi connectivity index (χ1) is 14.1. The number of thiazole rings is 1. The van der Waals surface area contributed by atoms with E-state index in [2.05, 4.69) is 48.4 Å². The van der Waals surface area contributed by atoms with E-state index in [1.165, 1.54) is 15.6 Å². The molecule has 0 bridgehead atoms. The molecule has 2 aromatic rings. The van der Waals surface area contributed by atoms with Crippen molar-refractivity contribution in [2.24, 2.45) is 4.99 Å². The largest absolute Gasteiger partial charge is 0.495 e. The van der Waals surface area contributed by atoms with Gasteiger partial charge in [0.2, 0.25) is 0 Å². The number of ether oxygens (including phenoxy) is 1. The summed E-state index contributed by atoms with van der Waals surface area (Å²) in [5.41, 5.74) is 2.38. The number of nitrogens with zero attached hydrogens (tertiary/aromatic N) is 3. The molecule has 0 spiro atoms. The number of aliphatic imine (C=N–C) groups is 1. The van der Waals surface area contributed by atoms with Gasteiger partial charge in [-0.15, -0.1) is 11.3 Å². The molecule has 3 rings (SSSR count). The molecular formula is C22H33N5OS. The maximum absolute atomic E-state index is 5.52. The van der Waals surface area contributed by atoms with Crippen molar-refractivity contribution in [1.82, 2.24) is 15.6 Å². The SMILES string of the molecule is CCNC(=NCCc1nc(CC)c(C)s1)NC1CCN(c2ccccc2OC)C1. The quantitative estimate of drug-likeness (QED) is 0.511. The standard InChI is InChI=1S/C22H33N5OS/c1-5-18-16(3)29-21(26-18)11-13-24-22(23-6-2)25-17-12-14-27(15-17)19-9-7-8-10-20(19)28-4/h7-10,17H,5-6,11-15H2,1-4H3,(H2,23,24,25). The van der Waals surface area contributed by atoms with E-state index < -0.39 is 0 Å². The molecule has 0 aliphatic carbocycles. The van der Waals surface area contributed by atoms with Gasteiger partial charge in [-0.3, -0.25) is 4.99 Å². The third-order valence-electron chi connectivity index (χ3n) is 5.17. The molecule has 6 nitrogen and oxygen atoms in total. The van der Waals surface area contributed by atoms with Crippen LogP contribution in [0.3, 0.4) is 0 Å². The van der Waals surface area contributed by atoms with E-state index in [1.54, 1.807) is 18.4 Å². The minimum absolute atomic E-state index is 0.367. The first-order valence-corrected chi connectivity index (χ1v) is 11.3. The Morgan fingerprint density at radius 2 is 2.17 bits per heavy atom. The topological polar surface area (TPSA) is 61.8 Å². The van der Waals surface area contributed by atoms with Crippen molar-refractivity contribution in [1.29, 1.82) is 0 Å². The molecule has 1 aromatic heterocycles. The molecule has 1 saturated heterocycles. The third kappa shape index (κ3) is 5.63. The Morgan fingerprint density at radius 1 is 1.34 bits per heavy atom. The molecule has 1 atom stereocenters. The fourth-order valence-corrected chi connectivity index (χ4v) is 4.70. The molecule has 2 heterocycles. The highest BCUT2D eigenvalue weighted by Gasteiger charge is 2.25. The van der Waals surface area contributed by atoms with Crippen LogP contribution in [0.1, 0.15) is 35.8 Å². The number of anilines is 1. The highest BCUT2D eigenvalue weighted by atomic mass is 32.1. The lowest BCUT2D eigenvalue weighted by Crippen LogP contribution is -2.44. The van der Waals surface area contributed by atoms with Gasteiger partial charge in [-0.2, -0.15) is 0 Å². The predicted molar refractivity (Wildman–Crippen MR) is 123 cm³/mol. The molecule has 158 valence electrons. The number of para-hydroxylation sites is 2. The summed E-state index contributed by atoms with van der Waals surface area (Å²) in [6.45, 7) is 9.96. The zero-order valence-electron chi connectivity index (χ0n) is 18.0. The van der Waals surface area contributed by atoms with Gasteiger partial charge in [0, 0.05) is 43.5 Å². The summed E-state index contributed by atoms with van der Waals surface area (Å²) in [6, 6.07) is 8.59. The van der Waals surface area contributed by atoms with Crippen LogP contribution in [-0.4, -0.2) is 50.3 Å². The van der Waals surface area contributed by atoms with Crippen molar-refractivity contribution in [2.75, 3.05) is 38.2 Å². The Balaban J connectivity index is 1.56. The van der Waals surface area contributed by atoms with Gasteiger partial charge < -0.3 is 20.3 Å². The van der Waals surface area contributed by atoms with Gasteiger partial charge in [0.05, 0.1) is 23.5 Å². The molecule has 29 heavy (non-hydrogen) atoms. The van der Waals surface area contributed by atoms with Crippen molar-refractivity contribution in [3.05, 3.63) is 39.8 Å². The van der Waals surface area contributed by atoms with E-state index in [-0.39, 0.29) is 0 Å². The van der Waals surface area contributed by atoms with Crippen LogP contribution >= 0.6 is 11.3 Å². The molecule has 1 aliphatic rings. The number of aromatic nitrogens is 1. The molecule has 2 N–H and O–H groups in total. The summed E-state index contributed by atoms with van der Waals surface area (Å²) < 4.78 is 5.52. The van der Waals surface area contributed by atoms with E-state index >= 15 is 0 Å². The summed E-state index contributed by atoms with van der Waals surface area (Å²) in [5.74, 6) is 1.82. The van der Waals surface area contributed by atoms with Gasteiger partial charge in [-0.25, -0.2) is 4.98 Å². The number of hydrogen-bond acceptors (Lipinski definition) is 5. The van der Waals surface area contributed by atoms with Crippen LogP contribution in [0.5, 0.6) is 5.75 Å². The zero-order chi connectivity index (χ0) is 20.6. The van der Waals surface area contributed by atoms with Gasteiger partial charge in [0.1, 0.15) is 5.75 Å². The molecule has 1 unspecified atom stereocenters. The number of rotatable bonds is 8. The van der Waals surface area contributed by atoms with Crippen molar-refractivity contribution >= 4 is 23.0 Å². The first kappa shape index (κ1) is 21.4. The summed E-state index contributed by atoms with van der Waals surface area (Å²) in [4.78, 5) is 13.2. The Hall–Kier alpha value is -2.28. The lowest BCUT2D eigenvalue weighted by Gasteiger charge is -2.22. The second-order valence-electron chi connectivity index (χ2n) is 7.22. The Labute approximate surface area is 178 Å². The van der Waals surface area contributed by atoms with Crippen molar-refractivity contribution in [3.63, 3.8) is 0 Å². The molecule has 1 fully saturated rings. The lowest BCUT2D eigenvalue weighted by molar-refractivity contribution is 0.415. The number of aryl methyl sites for hydroxylation is 2. The first-order valence-electron chi connectivity index (χ1n) is 10.5. The predicted octanol–water partition coefficient (Wildman–Crippen LogP) is 3.40. The van der Waals surface area contributed by atoms with E-state index in [9.17, 15) is 0 Å². The van der Waals surface area contributed by atoms with Crippen molar-refractivity contribution < 1.29 is 4.74 Å². The minimum Gasteiger partial charge on any atom is -0.495 e. The third-order valence-corrected chi connectivity index (χ3v) is 6.24. The fourth-order valence-electron chi connectivity index (χ4n) is 3.69. The highest BCUT2D eigenvalue weighted by molar-refractivity contribution is 7.11. The van der Waals surface area contributed by atoms with Crippen molar-refractivity contribution in [3.8, 4) is 5.75 Å². The lowest BCUT2D eigenvalue weighted by atomic mass is 10.2. The Bertz CT molecular complexity index is 819. The molecule has 7 heteroatoms. The Morgan fingerprint density at radius 3 is 2.90 bits per heavy atom. The second-order valence-corrected chi connectivity index (χ2v) is 8.51.